The second-order valence-corrected chi connectivity index (χ2v) is 16.7. The van der Waals surface area contributed by atoms with Crippen molar-refractivity contribution in [1.82, 2.24) is 14.8 Å². The minimum absolute atomic E-state index is 0.00517. The van der Waals surface area contributed by atoms with E-state index in [0.717, 1.165) is 41.1 Å². The maximum atomic E-state index is 15.1. The first-order chi connectivity index (χ1) is 27.9. The SMILES string of the molecule is CCCC1N(C(=O)c2ncccc2C(F)(F)F)CCCC1(Oc1csc(C(F)(F)F)c1)C(=O)N1CCC(C#N)(c2ccccc2OC(C)CCC2(C(=O)O)CCC2)CC1. The second-order valence-electron chi connectivity index (χ2n) is 15.8. The fraction of sp³-hybridized carbons (Fsp3) is 0.548. The van der Waals surface area contributed by atoms with E-state index in [1.807, 2.05) is 6.92 Å². The average Bonchev–Trinajstić information content (AvgIpc) is 3.67. The van der Waals surface area contributed by atoms with E-state index in [4.69, 9.17) is 9.47 Å². The van der Waals surface area contributed by atoms with E-state index in [1.54, 1.807) is 31.2 Å². The Bertz CT molecular complexity index is 2050. The van der Waals surface area contributed by atoms with E-state index < -0.39 is 68.7 Å². The Labute approximate surface area is 342 Å². The third-order valence-corrected chi connectivity index (χ3v) is 13.1. The highest BCUT2D eigenvalue weighted by molar-refractivity contribution is 7.10. The molecule has 1 saturated carbocycles. The molecular formula is C42H46F6N4O6S. The van der Waals surface area contributed by atoms with Gasteiger partial charge in [0.2, 0.25) is 5.60 Å². The van der Waals surface area contributed by atoms with Crippen LogP contribution in [0.25, 0.3) is 0 Å². The van der Waals surface area contributed by atoms with Crippen molar-refractivity contribution in [2.24, 2.45) is 5.41 Å². The maximum Gasteiger partial charge on any atom is 0.425 e. The highest BCUT2D eigenvalue weighted by Crippen LogP contribution is 2.47. The fourth-order valence-electron chi connectivity index (χ4n) is 8.77. The van der Waals surface area contributed by atoms with Crippen molar-refractivity contribution in [3.63, 3.8) is 0 Å². The number of carboxylic acids is 1. The Morgan fingerprint density at radius 3 is 2.31 bits per heavy atom. The number of hydrogen-bond acceptors (Lipinski definition) is 8. The van der Waals surface area contributed by atoms with Gasteiger partial charge >= 0.3 is 18.3 Å². The molecular weight excluding hydrogens is 803 g/mol. The number of amides is 2. The molecule has 0 bridgehead atoms. The second kappa shape index (κ2) is 17.0. The zero-order valence-electron chi connectivity index (χ0n) is 32.7. The molecule has 318 valence electrons. The number of likely N-dealkylation sites (tertiary alicyclic amines) is 2. The van der Waals surface area contributed by atoms with Crippen molar-refractivity contribution in [3.8, 4) is 17.6 Å². The molecule has 2 aromatic heterocycles. The summed E-state index contributed by atoms with van der Waals surface area (Å²) < 4.78 is 96.3. The predicted molar refractivity (Wildman–Crippen MR) is 204 cm³/mol. The van der Waals surface area contributed by atoms with Crippen LogP contribution in [0, 0.1) is 16.7 Å². The number of nitrogens with zero attached hydrogens (tertiary/aromatic N) is 4. The van der Waals surface area contributed by atoms with Crippen LogP contribution in [0.4, 0.5) is 26.3 Å². The number of carboxylic acid groups (broad SMARTS) is 1. The summed E-state index contributed by atoms with van der Waals surface area (Å²) in [6.07, 6.45) is -5.25. The summed E-state index contributed by atoms with van der Waals surface area (Å²) in [6, 6.07) is 10.9. The van der Waals surface area contributed by atoms with E-state index in [2.05, 4.69) is 11.1 Å². The Morgan fingerprint density at radius 1 is 1.00 bits per heavy atom. The third kappa shape index (κ3) is 8.74. The van der Waals surface area contributed by atoms with Crippen LogP contribution in [0.15, 0.2) is 54.0 Å². The topological polar surface area (TPSA) is 133 Å². The molecule has 4 heterocycles. The van der Waals surface area contributed by atoms with Gasteiger partial charge in [0.15, 0.2) is 0 Å². The van der Waals surface area contributed by atoms with Gasteiger partial charge in [0.1, 0.15) is 22.1 Å². The van der Waals surface area contributed by atoms with Crippen LogP contribution in [0.3, 0.4) is 0 Å². The van der Waals surface area contributed by atoms with Gasteiger partial charge in [-0.15, -0.1) is 11.3 Å². The third-order valence-electron chi connectivity index (χ3n) is 12.2. The number of ether oxygens (including phenoxy) is 2. The summed E-state index contributed by atoms with van der Waals surface area (Å²) in [5, 5.41) is 21.6. The van der Waals surface area contributed by atoms with Crippen molar-refractivity contribution in [2.75, 3.05) is 19.6 Å². The summed E-state index contributed by atoms with van der Waals surface area (Å²) in [7, 11) is 0. The zero-order chi connectivity index (χ0) is 42.8. The molecule has 1 aliphatic carbocycles. The number of carbonyl (C=O) groups is 3. The van der Waals surface area contributed by atoms with Gasteiger partial charge in [-0.3, -0.25) is 19.4 Å². The van der Waals surface area contributed by atoms with E-state index in [9.17, 15) is 46.3 Å². The molecule has 59 heavy (non-hydrogen) atoms. The number of halogens is 6. The molecule has 3 fully saturated rings. The molecule has 1 N–H and O–H groups in total. The molecule has 3 atom stereocenters. The van der Waals surface area contributed by atoms with Gasteiger partial charge in [-0.25, -0.2) is 0 Å². The van der Waals surface area contributed by atoms with E-state index in [0.29, 0.717) is 54.8 Å². The maximum absolute atomic E-state index is 15.1. The van der Waals surface area contributed by atoms with Crippen LogP contribution in [-0.4, -0.2) is 75.1 Å². The molecule has 3 aromatic rings. The fourth-order valence-corrected chi connectivity index (χ4v) is 9.45. The Hall–Kier alpha value is -4.85. The smallest absolute Gasteiger partial charge is 0.425 e. The molecule has 0 radical (unpaired) electrons. The number of thiophene rings is 1. The number of aliphatic carboxylic acids is 1. The Morgan fingerprint density at radius 2 is 1.71 bits per heavy atom. The first kappa shape index (κ1) is 43.7. The van der Waals surface area contributed by atoms with Crippen molar-refractivity contribution >= 4 is 29.1 Å². The number of benzene rings is 1. The van der Waals surface area contributed by atoms with E-state index >= 15 is 4.79 Å². The van der Waals surface area contributed by atoms with E-state index in [1.165, 1.54) is 4.90 Å². The average molecular weight is 849 g/mol. The van der Waals surface area contributed by atoms with Gasteiger partial charge in [0, 0.05) is 49.3 Å². The number of pyridine rings is 1. The van der Waals surface area contributed by atoms with Crippen LogP contribution in [0.1, 0.15) is 111 Å². The number of alkyl halides is 6. The lowest BCUT2D eigenvalue weighted by Crippen LogP contribution is -2.68. The first-order valence-corrected chi connectivity index (χ1v) is 20.7. The first-order valence-electron chi connectivity index (χ1n) is 19.8. The van der Waals surface area contributed by atoms with E-state index in [-0.39, 0.29) is 63.6 Å². The molecule has 17 heteroatoms. The molecule has 3 aliphatic rings. The van der Waals surface area contributed by atoms with Crippen molar-refractivity contribution in [2.45, 2.75) is 120 Å². The number of aromatic nitrogens is 1. The quantitative estimate of drug-likeness (QED) is 0.168. The lowest BCUT2D eigenvalue weighted by molar-refractivity contribution is -0.160. The number of hydrogen-bond donors (Lipinski definition) is 1. The van der Waals surface area contributed by atoms with Crippen LogP contribution < -0.4 is 9.47 Å². The number of nitriles is 1. The molecule has 3 unspecified atom stereocenters. The van der Waals surface area contributed by atoms with Gasteiger partial charge in [-0.2, -0.15) is 31.6 Å². The molecule has 6 rings (SSSR count). The van der Waals surface area contributed by atoms with Gasteiger partial charge in [0.25, 0.3) is 11.8 Å². The predicted octanol–water partition coefficient (Wildman–Crippen LogP) is 9.29. The Kier molecular flexibility index (Phi) is 12.6. The molecule has 10 nitrogen and oxygen atoms in total. The summed E-state index contributed by atoms with van der Waals surface area (Å²) in [6.45, 7) is 3.55. The van der Waals surface area contributed by atoms with Crippen molar-refractivity contribution < 1.29 is 55.3 Å². The summed E-state index contributed by atoms with van der Waals surface area (Å²) in [5.41, 5.74) is -5.42. The number of rotatable bonds is 13. The molecule has 2 amide bonds. The van der Waals surface area contributed by atoms with Crippen LogP contribution in [-0.2, 0) is 27.4 Å². The summed E-state index contributed by atoms with van der Waals surface area (Å²) >= 11 is 0.365. The molecule has 2 aliphatic heterocycles. The Balaban J connectivity index is 1.29. The van der Waals surface area contributed by atoms with Gasteiger partial charge in [-0.1, -0.05) is 38.0 Å². The lowest BCUT2D eigenvalue weighted by atomic mass is 9.66. The largest absolute Gasteiger partial charge is 0.490 e. The highest BCUT2D eigenvalue weighted by atomic mass is 32.1. The summed E-state index contributed by atoms with van der Waals surface area (Å²) in [4.78, 5) is 46.5. The number of para-hydroxylation sites is 1. The zero-order valence-corrected chi connectivity index (χ0v) is 33.5. The van der Waals surface area contributed by atoms with Crippen LogP contribution >= 0.6 is 11.3 Å². The van der Waals surface area contributed by atoms with Crippen LogP contribution in [0.2, 0.25) is 0 Å². The van der Waals surface area contributed by atoms with Crippen LogP contribution in [0.5, 0.6) is 11.5 Å². The minimum Gasteiger partial charge on any atom is -0.490 e. The molecule has 1 aromatic carbocycles. The molecule has 2 saturated heterocycles. The normalized spacial score (nSPS) is 22.1. The lowest BCUT2D eigenvalue weighted by Gasteiger charge is -2.51. The minimum atomic E-state index is -4.93. The van der Waals surface area contributed by atoms with Gasteiger partial charge < -0.3 is 24.4 Å². The van der Waals surface area contributed by atoms with Crippen molar-refractivity contribution in [3.05, 3.63) is 75.7 Å². The monoisotopic (exact) mass is 848 g/mol. The number of carbonyl (C=O) groups excluding carboxylic acids is 2. The number of piperidine rings is 2. The standard InChI is InChI=1S/C42H46F6N4O6S/c1-3-9-32-40(58-28-24-33(59-25-28)42(46,47)48,16-8-21-52(32)35(53)34-30(41(43,44)45)11-6-20-50-34)36(54)51-22-18-39(26-49,19-23-51)29-10-4-5-12-31(29)57-27(2)13-17-38(37(55)56)14-7-15-38/h4-6,10-12,20,24-25,27,32H,3,7-9,13-19,21-23H2,1-2H3,(H,55,56). The van der Waals surface area contributed by atoms with Crippen molar-refractivity contribution in [1.29, 1.82) is 5.26 Å². The van der Waals surface area contributed by atoms with Gasteiger partial charge in [0.05, 0.1) is 34.6 Å². The molecule has 0 spiro atoms. The summed E-state index contributed by atoms with van der Waals surface area (Å²) in [5.74, 6) is -2.37. The highest BCUT2D eigenvalue weighted by Gasteiger charge is 2.57. The van der Waals surface area contributed by atoms with Gasteiger partial charge in [-0.05, 0) is 76.5 Å².